The van der Waals surface area contributed by atoms with Crippen LogP contribution < -0.4 is 5.32 Å². The number of benzene rings is 1. The molecule has 1 fully saturated rings. The van der Waals surface area contributed by atoms with Gasteiger partial charge in [-0.25, -0.2) is 9.97 Å². The lowest BCUT2D eigenvalue weighted by Gasteiger charge is -2.36. The van der Waals surface area contributed by atoms with Gasteiger partial charge in [0.1, 0.15) is 12.1 Å². The molecule has 0 saturated carbocycles. The van der Waals surface area contributed by atoms with Gasteiger partial charge in [-0.05, 0) is 37.3 Å². The van der Waals surface area contributed by atoms with Crippen LogP contribution in [-0.4, -0.2) is 46.5 Å². The number of aryl methyl sites for hydroxylation is 1. The monoisotopic (exact) mass is 352 g/mol. The standard InChI is InChI=1S/C20H24N4O2/c1-14-12-18(22-13-21-14)23-16-6-9-24(10-7-16)20(25)19-17-5-3-2-4-15(17)8-11-26-19/h2-5,12-13,16,19H,6-11H2,1H3,(H,21,22,23). The van der Waals surface area contributed by atoms with E-state index in [2.05, 4.69) is 21.4 Å². The van der Waals surface area contributed by atoms with E-state index in [-0.39, 0.29) is 5.91 Å². The van der Waals surface area contributed by atoms with Crippen molar-refractivity contribution in [3.63, 3.8) is 0 Å². The predicted molar refractivity (Wildman–Crippen MR) is 98.8 cm³/mol. The van der Waals surface area contributed by atoms with Crippen molar-refractivity contribution in [1.82, 2.24) is 14.9 Å². The van der Waals surface area contributed by atoms with Crippen molar-refractivity contribution in [2.24, 2.45) is 0 Å². The second-order valence-electron chi connectivity index (χ2n) is 6.99. The largest absolute Gasteiger partial charge is 0.367 e. The number of carbonyl (C=O) groups excluding carboxylic acids is 1. The summed E-state index contributed by atoms with van der Waals surface area (Å²) in [5.41, 5.74) is 3.21. The average molecular weight is 352 g/mol. The predicted octanol–water partition coefficient (Wildman–Crippen LogP) is 2.50. The van der Waals surface area contributed by atoms with Gasteiger partial charge in [-0.1, -0.05) is 24.3 Å². The molecule has 1 amide bonds. The van der Waals surface area contributed by atoms with Gasteiger partial charge >= 0.3 is 0 Å². The fraction of sp³-hybridized carbons (Fsp3) is 0.450. The minimum atomic E-state index is -0.450. The lowest BCUT2D eigenvalue weighted by Crippen LogP contribution is -2.45. The summed E-state index contributed by atoms with van der Waals surface area (Å²) in [4.78, 5) is 23.3. The number of ether oxygens (including phenoxy) is 1. The zero-order chi connectivity index (χ0) is 17.9. The number of anilines is 1. The molecule has 6 heteroatoms. The molecule has 6 nitrogen and oxygen atoms in total. The van der Waals surface area contributed by atoms with Crippen LogP contribution in [0.4, 0.5) is 5.82 Å². The summed E-state index contributed by atoms with van der Waals surface area (Å²) >= 11 is 0. The van der Waals surface area contributed by atoms with E-state index >= 15 is 0 Å². The molecular formula is C20H24N4O2. The van der Waals surface area contributed by atoms with Crippen molar-refractivity contribution >= 4 is 11.7 Å². The van der Waals surface area contributed by atoms with Crippen molar-refractivity contribution in [1.29, 1.82) is 0 Å². The first-order valence-corrected chi connectivity index (χ1v) is 9.24. The molecule has 1 unspecified atom stereocenters. The summed E-state index contributed by atoms with van der Waals surface area (Å²) in [6, 6.07) is 10.4. The first-order chi connectivity index (χ1) is 12.7. The highest BCUT2D eigenvalue weighted by Crippen LogP contribution is 2.29. The minimum Gasteiger partial charge on any atom is -0.367 e. The molecule has 0 aliphatic carbocycles. The Labute approximate surface area is 153 Å². The first kappa shape index (κ1) is 17.0. The lowest BCUT2D eigenvalue weighted by atomic mass is 9.96. The molecule has 2 aromatic rings. The van der Waals surface area contributed by atoms with E-state index in [4.69, 9.17) is 4.74 Å². The molecule has 1 N–H and O–H groups in total. The van der Waals surface area contributed by atoms with Gasteiger partial charge in [-0.2, -0.15) is 0 Å². The molecule has 0 bridgehead atoms. The zero-order valence-corrected chi connectivity index (χ0v) is 15.0. The third kappa shape index (κ3) is 3.55. The van der Waals surface area contributed by atoms with Crippen molar-refractivity contribution in [3.05, 3.63) is 53.5 Å². The molecule has 1 saturated heterocycles. The Morgan fingerprint density at radius 2 is 2.04 bits per heavy atom. The summed E-state index contributed by atoms with van der Waals surface area (Å²) in [7, 11) is 0. The summed E-state index contributed by atoms with van der Waals surface area (Å²) in [6.07, 6.45) is 3.82. The minimum absolute atomic E-state index is 0.0912. The van der Waals surface area contributed by atoms with Crippen LogP contribution in [0.5, 0.6) is 0 Å². The molecule has 3 heterocycles. The Kier molecular flexibility index (Phi) is 4.84. The number of aromatic nitrogens is 2. The van der Waals surface area contributed by atoms with Crippen LogP contribution in [0.3, 0.4) is 0 Å². The van der Waals surface area contributed by atoms with Gasteiger partial charge in [0.05, 0.1) is 6.61 Å². The summed E-state index contributed by atoms with van der Waals surface area (Å²) in [6.45, 7) is 4.04. The highest BCUT2D eigenvalue weighted by atomic mass is 16.5. The van der Waals surface area contributed by atoms with Crippen LogP contribution in [0.2, 0.25) is 0 Å². The van der Waals surface area contributed by atoms with Crippen LogP contribution in [0.25, 0.3) is 0 Å². The third-order valence-corrected chi connectivity index (χ3v) is 5.18. The number of likely N-dealkylation sites (tertiary alicyclic amines) is 1. The van der Waals surface area contributed by atoms with Gasteiger partial charge in [0.15, 0.2) is 6.10 Å². The van der Waals surface area contributed by atoms with Crippen LogP contribution in [0.15, 0.2) is 36.7 Å². The third-order valence-electron chi connectivity index (χ3n) is 5.18. The maximum absolute atomic E-state index is 13.0. The van der Waals surface area contributed by atoms with Gasteiger partial charge in [0, 0.05) is 30.9 Å². The number of nitrogens with zero attached hydrogens (tertiary/aromatic N) is 3. The molecule has 1 aromatic carbocycles. The summed E-state index contributed by atoms with van der Waals surface area (Å²) in [5, 5.41) is 3.46. The highest BCUT2D eigenvalue weighted by Gasteiger charge is 2.32. The number of piperidine rings is 1. The molecular weight excluding hydrogens is 328 g/mol. The van der Waals surface area contributed by atoms with Gasteiger partial charge < -0.3 is 15.0 Å². The second kappa shape index (κ2) is 7.41. The Bertz CT molecular complexity index is 787. The maximum Gasteiger partial charge on any atom is 0.256 e. The molecule has 26 heavy (non-hydrogen) atoms. The van der Waals surface area contributed by atoms with E-state index in [1.165, 1.54) is 5.56 Å². The molecule has 4 rings (SSSR count). The fourth-order valence-electron chi connectivity index (χ4n) is 3.75. The van der Waals surface area contributed by atoms with E-state index in [1.807, 2.05) is 36.1 Å². The van der Waals surface area contributed by atoms with Gasteiger partial charge in [-0.3, -0.25) is 4.79 Å². The SMILES string of the molecule is Cc1cc(NC2CCN(C(=O)C3OCCc4ccccc43)CC2)ncn1. The molecule has 0 spiro atoms. The first-order valence-electron chi connectivity index (χ1n) is 9.24. The van der Waals surface area contributed by atoms with Crippen LogP contribution in [0.1, 0.15) is 35.8 Å². The number of rotatable bonds is 3. The molecule has 1 atom stereocenters. The Morgan fingerprint density at radius 1 is 1.23 bits per heavy atom. The number of fused-ring (bicyclic) bond motifs is 1. The Balaban J connectivity index is 1.37. The van der Waals surface area contributed by atoms with Crippen LogP contribution in [0, 0.1) is 6.92 Å². The molecule has 1 aromatic heterocycles. The fourth-order valence-corrected chi connectivity index (χ4v) is 3.75. The van der Waals surface area contributed by atoms with Crippen molar-refractivity contribution in [2.75, 3.05) is 25.0 Å². The number of hydrogen-bond acceptors (Lipinski definition) is 5. The summed E-state index contributed by atoms with van der Waals surface area (Å²) < 4.78 is 5.83. The number of amides is 1. The van der Waals surface area contributed by atoms with Crippen LogP contribution >= 0.6 is 0 Å². The van der Waals surface area contributed by atoms with Crippen molar-refractivity contribution in [2.45, 2.75) is 38.3 Å². The van der Waals surface area contributed by atoms with E-state index in [0.29, 0.717) is 12.6 Å². The average Bonchev–Trinajstić information content (AvgIpc) is 2.68. The Hall–Kier alpha value is -2.47. The topological polar surface area (TPSA) is 67.4 Å². The van der Waals surface area contributed by atoms with Gasteiger partial charge in [0.25, 0.3) is 5.91 Å². The smallest absolute Gasteiger partial charge is 0.256 e. The molecule has 0 radical (unpaired) electrons. The maximum atomic E-state index is 13.0. The van der Waals surface area contributed by atoms with Crippen LogP contribution in [-0.2, 0) is 16.0 Å². The zero-order valence-electron chi connectivity index (χ0n) is 15.0. The normalized spacial score (nSPS) is 20.5. The molecule has 2 aliphatic heterocycles. The van der Waals surface area contributed by atoms with E-state index in [1.54, 1.807) is 6.33 Å². The van der Waals surface area contributed by atoms with Crippen molar-refractivity contribution in [3.8, 4) is 0 Å². The van der Waals surface area contributed by atoms with E-state index in [9.17, 15) is 4.79 Å². The van der Waals surface area contributed by atoms with Crippen molar-refractivity contribution < 1.29 is 9.53 Å². The molecule has 136 valence electrons. The van der Waals surface area contributed by atoms with Gasteiger partial charge in [0.2, 0.25) is 0 Å². The van der Waals surface area contributed by atoms with E-state index < -0.39 is 6.10 Å². The van der Waals surface area contributed by atoms with E-state index in [0.717, 1.165) is 49.4 Å². The molecule has 2 aliphatic rings. The number of carbonyl (C=O) groups is 1. The highest BCUT2D eigenvalue weighted by molar-refractivity contribution is 5.83. The Morgan fingerprint density at radius 3 is 2.85 bits per heavy atom. The quantitative estimate of drug-likeness (QED) is 0.919. The number of hydrogen-bond donors (Lipinski definition) is 1. The summed E-state index contributed by atoms with van der Waals surface area (Å²) in [5.74, 6) is 0.945. The lowest BCUT2D eigenvalue weighted by molar-refractivity contribution is -0.146. The van der Waals surface area contributed by atoms with Gasteiger partial charge in [-0.15, -0.1) is 0 Å². The second-order valence-corrected chi connectivity index (χ2v) is 6.99. The number of nitrogens with one attached hydrogen (secondary N) is 1.